The number of carbonyl (C=O) groups is 2. The number of benzene rings is 2. The fraction of sp³-hybridized carbons (Fsp3) is 0.400. The van der Waals surface area contributed by atoms with Gasteiger partial charge in [0.2, 0.25) is 5.91 Å². The minimum atomic E-state index is -0.368. The Kier molecular flexibility index (Phi) is 12.3. The van der Waals surface area contributed by atoms with Gasteiger partial charge in [0.25, 0.3) is 0 Å². The summed E-state index contributed by atoms with van der Waals surface area (Å²) >= 11 is 0. The molecule has 4 heteroatoms. The number of amides is 1. The molecule has 0 fully saturated rings. The predicted molar refractivity (Wildman–Crippen MR) is 140 cm³/mol. The highest BCUT2D eigenvalue weighted by atomic mass is 16.5. The molecule has 0 heterocycles. The highest BCUT2D eigenvalue weighted by molar-refractivity contribution is 5.91. The van der Waals surface area contributed by atoms with Gasteiger partial charge in [0.15, 0.2) is 0 Å². The lowest BCUT2D eigenvalue weighted by atomic mass is 10.1. The van der Waals surface area contributed by atoms with E-state index < -0.39 is 0 Å². The molecule has 0 bridgehead atoms. The van der Waals surface area contributed by atoms with E-state index >= 15 is 0 Å². The fourth-order valence-corrected chi connectivity index (χ4v) is 3.54. The molecule has 0 aromatic heterocycles. The van der Waals surface area contributed by atoms with Crippen molar-refractivity contribution in [2.45, 2.75) is 72.3 Å². The first-order valence-corrected chi connectivity index (χ1v) is 12.3. The zero-order valence-electron chi connectivity index (χ0n) is 20.8. The summed E-state index contributed by atoms with van der Waals surface area (Å²) < 4.78 is 4.89. The molecule has 0 spiro atoms. The highest BCUT2D eigenvalue weighted by Gasteiger charge is 2.12. The molecule has 0 aliphatic heterocycles. The van der Waals surface area contributed by atoms with E-state index in [4.69, 9.17) is 4.74 Å². The van der Waals surface area contributed by atoms with Crippen molar-refractivity contribution in [1.29, 1.82) is 0 Å². The van der Waals surface area contributed by atoms with E-state index in [2.05, 4.69) is 18.8 Å². The Balaban J connectivity index is 1.92. The number of esters is 1. The van der Waals surface area contributed by atoms with Crippen LogP contribution in [-0.4, -0.2) is 18.5 Å². The monoisotopic (exact) mass is 459 g/mol. The Morgan fingerprint density at radius 3 is 2.24 bits per heavy atom. The topological polar surface area (TPSA) is 46.6 Å². The third-order valence-corrected chi connectivity index (χ3v) is 5.47. The van der Waals surface area contributed by atoms with Gasteiger partial charge in [-0.3, -0.25) is 4.79 Å². The second kappa shape index (κ2) is 15.5. The van der Waals surface area contributed by atoms with Gasteiger partial charge in [0.05, 0.1) is 13.2 Å². The van der Waals surface area contributed by atoms with E-state index in [1.165, 1.54) is 44.6 Å². The second-order valence-corrected chi connectivity index (χ2v) is 8.30. The van der Waals surface area contributed by atoms with Crippen LogP contribution < -0.4 is 4.90 Å². The van der Waals surface area contributed by atoms with Crippen molar-refractivity contribution in [3.05, 3.63) is 71.3 Å². The molecule has 180 valence electrons. The van der Waals surface area contributed by atoms with Crippen molar-refractivity contribution >= 4 is 23.6 Å². The summed E-state index contributed by atoms with van der Waals surface area (Å²) in [6.45, 7) is 6.41. The summed E-state index contributed by atoms with van der Waals surface area (Å²) in [7, 11) is 0. The van der Waals surface area contributed by atoms with Crippen LogP contribution >= 0.6 is 0 Å². The van der Waals surface area contributed by atoms with E-state index in [1.54, 1.807) is 24.8 Å². The molecule has 34 heavy (non-hydrogen) atoms. The van der Waals surface area contributed by atoms with Crippen molar-refractivity contribution in [3.8, 4) is 11.8 Å². The molecule has 4 nitrogen and oxygen atoms in total. The van der Waals surface area contributed by atoms with Gasteiger partial charge in [0.1, 0.15) is 0 Å². The van der Waals surface area contributed by atoms with Gasteiger partial charge in [-0.05, 0) is 54.8 Å². The standard InChI is InChI=1S/C30H37NO3/c1-4-6-7-8-9-10-11-12-13-26-14-16-28(17-15-26)24-31(25(3)32)29-21-18-27(19-22-29)20-23-30(33)34-5-2/h14-23H,4-11,24H2,1-3H3/b23-20+. The van der Waals surface area contributed by atoms with E-state index in [0.29, 0.717) is 13.2 Å². The summed E-state index contributed by atoms with van der Waals surface area (Å²) in [4.78, 5) is 25.5. The summed E-state index contributed by atoms with van der Waals surface area (Å²) in [5.41, 5.74) is 3.72. The van der Waals surface area contributed by atoms with Crippen LogP contribution in [0.15, 0.2) is 54.6 Å². The van der Waals surface area contributed by atoms with Gasteiger partial charge >= 0.3 is 5.97 Å². The summed E-state index contributed by atoms with van der Waals surface area (Å²) in [5.74, 6) is 6.13. The quantitative estimate of drug-likeness (QED) is 0.150. The van der Waals surface area contributed by atoms with Gasteiger partial charge in [0, 0.05) is 30.7 Å². The molecular weight excluding hydrogens is 422 g/mol. The Bertz CT molecular complexity index is 978. The molecule has 0 N–H and O–H groups in total. The Hall–Kier alpha value is -3.32. The van der Waals surface area contributed by atoms with Crippen LogP contribution in [0, 0.1) is 11.8 Å². The third kappa shape index (κ3) is 10.1. The Morgan fingerprint density at radius 2 is 1.59 bits per heavy atom. The number of unbranched alkanes of at least 4 members (excludes halogenated alkanes) is 6. The zero-order valence-corrected chi connectivity index (χ0v) is 20.8. The summed E-state index contributed by atoms with van der Waals surface area (Å²) in [6, 6.07) is 15.6. The van der Waals surface area contributed by atoms with Crippen LogP contribution in [0.25, 0.3) is 6.08 Å². The average Bonchev–Trinajstić information content (AvgIpc) is 2.84. The lowest BCUT2D eigenvalue weighted by Gasteiger charge is -2.21. The Morgan fingerprint density at radius 1 is 0.912 bits per heavy atom. The van der Waals surface area contributed by atoms with Gasteiger partial charge < -0.3 is 9.64 Å². The lowest BCUT2D eigenvalue weighted by Crippen LogP contribution is -2.27. The van der Waals surface area contributed by atoms with Crippen molar-refractivity contribution in [3.63, 3.8) is 0 Å². The van der Waals surface area contributed by atoms with Gasteiger partial charge in [-0.15, -0.1) is 0 Å². The first-order chi connectivity index (χ1) is 16.5. The first-order valence-electron chi connectivity index (χ1n) is 12.3. The van der Waals surface area contributed by atoms with Crippen molar-refractivity contribution < 1.29 is 14.3 Å². The van der Waals surface area contributed by atoms with Crippen LogP contribution in [0.5, 0.6) is 0 Å². The zero-order chi connectivity index (χ0) is 24.6. The van der Waals surface area contributed by atoms with Crippen molar-refractivity contribution in [2.24, 2.45) is 0 Å². The van der Waals surface area contributed by atoms with E-state index in [9.17, 15) is 9.59 Å². The van der Waals surface area contributed by atoms with Gasteiger partial charge in [-0.1, -0.05) is 75.1 Å². The number of nitrogens with zero attached hydrogens (tertiary/aromatic N) is 1. The number of anilines is 1. The maximum atomic E-state index is 12.3. The molecule has 2 aromatic rings. The van der Waals surface area contributed by atoms with Crippen LogP contribution in [0.1, 0.15) is 82.4 Å². The lowest BCUT2D eigenvalue weighted by molar-refractivity contribution is -0.137. The number of hydrogen-bond acceptors (Lipinski definition) is 3. The minimum absolute atomic E-state index is 0.0300. The van der Waals surface area contributed by atoms with Crippen LogP contribution in [0.3, 0.4) is 0 Å². The van der Waals surface area contributed by atoms with Crippen LogP contribution in [0.2, 0.25) is 0 Å². The Labute approximate surface area is 205 Å². The van der Waals surface area contributed by atoms with Crippen molar-refractivity contribution in [1.82, 2.24) is 0 Å². The number of rotatable bonds is 12. The fourth-order valence-electron chi connectivity index (χ4n) is 3.54. The number of carbonyl (C=O) groups excluding carboxylic acids is 2. The van der Waals surface area contributed by atoms with E-state index in [1.807, 2.05) is 48.5 Å². The van der Waals surface area contributed by atoms with Crippen molar-refractivity contribution in [2.75, 3.05) is 11.5 Å². The van der Waals surface area contributed by atoms with Gasteiger partial charge in [-0.25, -0.2) is 4.79 Å². The third-order valence-electron chi connectivity index (χ3n) is 5.47. The average molecular weight is 460 g/mol. The van der Waals surface area contributed by atoms with Gasteiger partial charge in [-0.2, -0.15) is 0 Å². The molecule has 0 saturated carbocycles. The van der Waals surface area contributed by atoms with Crippen LogP contribution in [-0.2, 0) is 20.9 Å². The molecule has 0 unspecified atom stereocenters. The number of hydrogen-bond donors (Lipinski definition) is 0. The largest absolute Gasteiger partial charge is 0.463 e. The molecule has 0 radical (unpaired) electrons. The molecular formula is C30H37NO3. The summed E-state index contributed by atoms with van der Waals surface area (Å²) in [5, 5.41) is 0. The normalized spacial score (nSPS) is 10.6. The molecule has 0 saturated heterocycles. The minimum Gasteiger partial charge on any atom is -0.463 e. The maximum absolute atomic E-state index is 12.3. The predicted octanol–water partition coefficient (Wildman–Crippen LogP) is 6.92. The molecule has 2 aromatic carbocycles. The molecule has 0 atom stereocenters. The molecule has 0 aliphatic rings. The smallest absolute Gasteiger partial charge is 0.330 e. The first kappa shape index (κ1) is 26.9. The molecule has 2 rings (SSSR count). The molecule has 1 amide bonds. The highest BCUT2D eigenvalue weighted by Crippen LogP contribution is 2.19. The van der Waals surface area contributed by atoms with E-state index in [-0.39, 0.29) is 11.9 Å². The number of ether oxygens (including phenoxy) is 1. The second-order valence-electron chi connectivity index (χ2n) is 8.30. The maximum Gasteiger partial charge on any atom is 0.330 e. The molecule has 0 aliphatic carbocycles. The summed E-state index contributed by atoms with van der Waals surface area (Å²) in [6.07, 6.45) is 11.7. The SMILES string of the molecule is CCCCCCCCC#Cc1ccc(CN(C(C)=O)c2ccc(/C=C/C(=O)OCC)cc2)cc1. The van der Waals surface area contributed by atoms with Crippen LogP contribution in [0.4, 0.5) is 5.69 Å². The van der Waals surface area contributed by atoms with E-state index in [0.717, 1.165) is 28.8 Å².